The number of nitrogens with zero attached hydrogens (tertiary/aromatic N) is 2. The van der Waals surface area contributed by atoms with Crippen molar-refractivity contribution in [1.82, 2.24) is 15.1 Å². The van der Waals surface area contributed by atoms with Gasteiger partial charge in [0.1, 0.15) is 0 Å². The maximum absolute atomic E-state index is 12.9. The summed E-state index contributed by atoms with van der Waals surface area (Å²) in [7, 11) is 1.75. The van der Waals surface area contributed by atoms with Crippen LogP contribution >= 0.6 is 0 Å². The fraction of sp³-hybridized carbons (Fsp3) is 0.765. The predicted molar refractivity (Wildman–Crippen MR) is 84.2 cm³/mol. The van der Waals surface area contributed by atoms with Gasteiger partial charge in [-0.25, -0.2) is 0 Å². The quantitative estimate of drug-likeness (QED) is 0.921. The summed E-state index contributed by atoms with van der Waals surface area (Å²) in [5.41, 5.74) is 2.77. The van der Waals surface area contributed by atoms with Crippen molar-refractivity contribution in [3.05, 3.63) is 17.0 Å². The van der Waals surface area contributed by atoms with Gasteiger partial charge in [0, 0.05) is 37.6 Å². The Morgan fingerprint density at radius 1 is 1.43 bits per heavy atom. The van der Waals surface area contributed by atoms with Gasteiger partial charge in [-0.1, -0.05) is 0 Å². The normalized spacial score (nSPS) is 29.1. The number of fused-ring (bicyclic) bond motifs is 1. The minimum absolute atomic E-state index is 0.0294. The maximum atomic E-state index is 12.9. The number of H-pyrrole nitrogens is 1. The maximum Gasteiger partial charge on any atom is 0.274 e. The molecule has 2 fully saturated rings. The zero-order valence-electron chi connectivity index (χ0n) is 14.1. The highest BCUT2D eigenvalue weighted by Gasteiger charge is 2.54. The molecule has 1 amide bonds. The molecule has 0 bridgehead atoms. The lowest BCUT2D eigenvalue weighted by Crippen LogP contribution is -2.61. The number of amides is 1. The van der Waals surface area contributed by atoms with E-state index in [2.05, 4.69) is 10.2 Å². The van der Waals surface area contributed by atoms with Crippen LogP contribution in [0.1, 0.15) is 54.5 Å². The Labute approximate surface area is 136 Å². The van der Waals surface area contributed by atoms with Crippen molar-refractivity contribution in [3.8, 4) is 0 Å². The Balaban J connectivity index is 1.51. The first-order valence-corrected chi connectivity index (χ1v) is 8.55. The van der Waals surface area contributed by atoms with Crippen molar-refractivity contribution in [3.63, 3.8) is 0 Å². The van der Waals surface area contributed by atoms with E-state index in [1.807, 2.05) is 18.7 Å². The molecule has 6 heteroatoms. The van der Waals surface area contributed by atoms with Gasteiger partial charge in [0.25, 0.3) is 5.91 Å². The average molecular weight is 319 g/mol. The van der Waals surface area contributed by atoms with Crippen LogP contribution in [0.25, 0.3) is 0 Å². The molecule has 126 valence electrons. The number of aromatic amines is 1. The third kappa shape index (κ3) is 2.39. The smallest absolute Gasteiger partial charge is 0.274 e. The summed E-state index contributed by atoms with van der Waals surface area (Å²) in [6.45, 7) is 6.39. The Morgan fingerprint density at radius 2 is 2.17 bits per heavy atom. The number of rotatable bonds is 4. The topological polar surface area (TPSA) is 67.5 Å². The zero-order valence-corrected chi connectivity index (χ0v) is 14.1. The lowest BCUT2D eigenvalue weighted by atomic mass is 9.75. The van der Waals surface area contributed by atoms with Crippen molar-refractivity contribution >= 4 is 5.91 Å². The SMILES string of the molecule is COCC1(C2CC2)CN(C(=O)c2n[nH]c3c2C[C@H](C)O[C@@H]3C)C1. The lowest BCUT2D eigenvalue weighted by Gasteiger charge is -2.50. The number of nitrogens with one attached hydrogen (secondary N) is 1. The molecular weight excluding hydrogens is 294 g/mol. The van der Waals surface area contributed by atoms with Crippen LogP contribution < -0.4 is 0 Å². The lowest BCUT2D eigenvalue weighted by molar-refractivity contribution is -0.0540. The van der Waals surface area contributed by atoms with E-state index in [0.29, 0.717) is 5.69 Å². The predicted octanol–water partition coefficient (Wildman–Crippen LogP) is 1.93. The number of carbonyl (C=O) groups is 1. The van der Waals surface area contributed by atoms with Crippen molar-refractivity contribution < 1.29 is 14.3 Å². The number of aromatic nitrogens is 2. The number of ether oxygens (including phenoxy) is 2. The third-order valence-corrected chi connectivity index (χ3v) is 5.61. The first-order chi connectivity index (χ1) is 11.0. The molecule has 0 spiro atoms. The van der Waals surface area contributed by atoms with Gasteiger partial charge in [0.15, 0.2) is 5.69 Å². The summed E-state index contributed by atoms with van der Waals surface area (Å²) in [6.07, 6.45) is 3.39. The molecule has 1 saturated heterocycles. The zero-order chi connectivity index (χ0) is 16.2. The Hall–Kier alpha value is -1.40. The second-order valence-electron chi connectivity index (χ2n) is 7.49. The highest BCUT2D eigenvalue weighted by molar-refractivity contribution is 5.94. The summed E-state index contributed by atoms with van der Waals surface area (Å²) in [4.78, 5) is 14.8. The number of hydrogen-bond acceptors (Lipinski definition) is 4. The van der Waals surface area contributed by atoms with Crippen LogP contribution in [0.5, 0.6) is 0 Å². The van der Waals surface area contributed by atoms with Gasteiger partial charge in [-0.3, -0.25) is 9.89 Å². The highest BCUT2D eigenvalue weighted by Crippen LogP contribution is 2.51. The molecule has 3 heterocycles. The van der Waals surface area contributed by atoms with Crippen LogP contribution in [0.15, 0.2) is 0 Å². The fourth-order valence-corrected chi connectivity index (χ4v) is 4.31. The summed E-state index contributed by atoms with van der Waals surface area (Å²) >= 11 is 0. The van der Waals surface area contributed by atoms with Crippen LogP contribution in [0, 0.1) is 11.3 Å². The molecule has 1 saturated carbocycles. The van der Waals surface area contributed by atoms with E-state index < -0.39 is 0 Å². The molecule has 1 aromatic rings. The first-order valence-electron chi connectivity index (χ1n) is 8.55. The van der Waals surface area contributed by atoms with Gasteiger partial charge in [-0.2, -0.15) is 5.10 Å². The molecule has 1 aromatic heterocycles. The largest absolute Gasteiger partial charge is 0.384 e. The number of hydrogen-bond donors (Lipinski definition) is 1. The molecule has 1 N–H and O–H groups in total. The third-order valence-electron chi connectivity index (χ3n) is 5.61. The van der Waals surface area contributed by atoms with Gasteiger partial charge in [-0.15, -0.1) is 0 Å². The molecular formula is C17H25N3O3. The van der Waals surface area contributed by atoms with Gasteiger partial charge in [0.05, 0.1) is 24.5 Å². The second kappa shape index (κ2) is 5.31. The van der Waals surface area contributed by atoms with Crippen LogP contribution in [-0.4, -0.2) is 53.9 Å². The summed E-state index contributed by atoms with van der Waals surface area (Å²) in [5, 5.41) is 7.33. The molecule has 23 heavy (non-hydrogen) atoms. The van der Waals surface area contributed by atoms with E-state index in [-0.39, 0.29) is 23.5 Å². The van der Waals surface area contributed by atoms with E-state index >= 15 is 0 Å². The van der Waals surface area contributed by atoms with Crippen molar-refractivity contribution in [2.45, 2.75) is 45.3 Å². The van der Waals surface area contributed by atoms with E-state index in [0.717, 1.165) is 43.3 Å². The summed E-state index contributed by atoms with van der Waals surface area (Å²) in [5.74, 6) is 0.782. The fourth-order valence-electron chi connectivity index (χ4n) is 4.31. The van der Waals surface area contributed by atoms with Gasteiger partial charge < -0.3 is 14.4 Å². The van der Waals surface area contributed by atoms with E-state index in [1.165, 1.54) is 12.8 Å². The van der Waals surface area contributed by atoms with E-state index in [1.54, 1.807) is 7.11 Å². The molecule has 4 rings (SSSR count). The Morgan fingerprint density at radius 3 is 2.83 bits per heavy atom. The number of methoxy groups -OCH3 is 1. The van der Waals surface area contributed by atoms with Gasteiger partial charge in [0.2, 0.25) is 0 Å². The molecule has 1 aliphatic carbocycles. The molecule has 2 atom stereocenters. The van der Waals surface area contributed by atoms with Gasteiger partial charge in [-0.05, 0) is 32.6 Å². The molecule has 0 aromatic carbocycles. The first kappa shape index (κ1) is 15.1. The van der Waals surface area contributed by atoms with Gasteiger partial charge >= 0.3 is 0 Å². The highest BCUT2D eigenvalue weighted by atomic mass is 16.5. The molecule has 3 aliphatic rings. The van der Waals surface area contributed by atoms with Crippen molar-refractivity contribution in [2.75, 3.05) is 26.8 Å². The van der Waals surface area contributed by atoms with E-state index in [4.69, 9.17) is 9.47 Å². The van der Waals surface area contributed by atoms with Crippen LogP contribution in [0.2, 0.25) is 0 Å². The number of likely N-dealkylation sites (tertiary alicyclic amines) is 1. The second-order valence-corrected chi connectivity index (χ2v) is 7.49. The number of carbonyl (C=O) groups excluding carboxylic acids is 1. The standard InChI is InChI=1S/C17H25N3O3/c1-10-6-13-14(11(2)23-10)18-19-15(13)16(21)20-7-17(8-20,9-22-3)12-4-5-12/h10-12H,4-9H2,1-3H3,(H,18,19)/t10-,11+/m0/s1. The Bertz CT molecular complexity index is 617. The summed E-state index contributed by atoms with van der Waals surface area (Å²) < 4.78 is 11.2. The van der Waals surface area contributed by atoms with Crippen LogP contribution in [0.4, 0.5) is 0 Å². The van der Waals surface area contributed by atoms with Crippen molar-refractivity contribution in [1.29, 1.82) is 0 Å². The molecule has 0 radical (unpaired) electrons. The minimum atomic E-state index is -0.0294. The monoisotopic (exact) mass is 319 g/mol. The van der Waals surface area contributed by atoms with Crippen LogP contribution in [-0.2, 0) is 15.9 Å². The minimum Gasteiger partial charge on any atom is -0.384 e. The van der Waals surface area contributed by atoms with Crippen molar-refractivity contribution in [2.24, 2.45) is 11.3 Å². The van der Waals surface area contributed by atoms with Crippen LogP contribution in [0.3, 0.4) is 0 Å². The molecule has 6 nitrogen and oxygen atoms in total. The Kier molecular flexibility index (Phi) is 3.50. The molecule has 2 aliphatic heterocycles. The van der Waals surface area contributed by atoms with E-state index in [9.17, 15) is 4.79 Å². The molecule has 0 unspecified atom stereocenters. The summed E-state index contributed by atoms with van der Waals surface area (Å²) in [6, 6.07) is 0. The average Bonchev–Trinajstić information content (AvgIpc) is 3.22.